The fraction of sp³-hybridized carbons (Fsp3) is 0.889. The van der Waals surface area contributed by atoms with E-state index in [9.17, 15) is 10.1 Å². The lowest BCUT2D eigenvalue weighted by Gasteiger charge is -2.39. The second-order valence-corrected chi connectivity index (χ2v) is 7.25. The molecular formula is C18H32N4O2. The number of ether oxygens (including phenoxy) is 1. The first-order valence-corrected chi connectivity index (χ1v) is 9.30. The zero-order valence-corrected chi connectivity index (χ0v) is 15.4. The third kappa shape index (κ3) is 5.17. The summed E-state index contributed by atoms with van der Waals surface area (Å²) in [6.45, 7) is 12.3. The molecule has 0 unspecified atom stereocenters. The van der Waals surface area contributed by atoms with Gasteiger partial charge in [0.05, 0.1) is 25.3 Å². The van der Waals surface area contributed by atoms with Crippen molar-refractivity contribution in [1.82, 2.24) is 14.7 Å². The minimum absolute atomic E-state index is 0.0451. The van der Waals surface area contributed by atoms with Crippen LogP contribution < -0.4 is 0 Å². The smallest absolute Gasteiger partial charge is 0.236 e. The number of rotatable bonds is 6. The predicted octanol–water partition coefficient (Wildman–Crippen LogP) is 1.18. The van der Waals surface area contributed by atoms with E-state index in [0.717, 1.165) is 58.7 Å². The summed E-state index contributed by atoms with van der Waals surface area (Å²) in [6.07, 6.45) is 2.45. The largest absolute Gasteiger partial charge is 0.376 e. The van der Waals surface area contributed by atoms with Crippen LogP contribution in [-0.4, -0.2) is 85.2 Å². The molecule has 136 valence electrons. The maximum Gasteiger partial charge on any atom is 0.236 e. The van der Waals surface area contributed by atoms with Crippen molar-refractivity contribution < 1.29 is 9.53 Å². The molecule has 2 saturated heterocycles. The van der Waals surface area contributed by atoms with Gasteiger partial charge in [-0.1, -0.05) is 27.2 Å². The minimum Gasteiger partial charge on any atom is -0.376 e. The molecule has 0 radical (unpaired) electrons. The molecule has 2 aliphatic heterocycles. The summed E-state index contributed by atoms with van der Waals surface area (Å²) in [5, 5.41) is 9.32. The van der Waals surface area contributed by atoms with E-state index in [4.69, 9.17) is 4.74 Å². The Morgan fingerprint density at radius 1 is 1.25 bits per heavy atom. The Balaban J connectivity index is 1.77. The zero-order valence-electron chi connectivity index (χ0n) is 15.4. The standard InChI is InChI=1S/C18H32N4O2/c1-4-5-16-13-20(10-11-24-16)14-18(23)22-8-6-21(7-9-22)17(12-19)15(2)3/h15-17H,4-11,13-14H2,1-3H3/t16-,17-/m0/s1. The maximum absolute atomic E-state index is 12.6. The average molecular weight is 336 g/mol. The van der Waals surface area contributed by atoms with Crippen LogP contribution >= 0.6 is 0 Å². The van der Waals surface area contributed by atoms with E-state index in [2.05, 4.69) is 36.6 Å². The van der Waals surface area contributed by atoms with E-state index in [1.165, 1.54) is 0 Å². The van der Waals surface area contributed by atoms with E-state index >= 15 is 0 Å². The molecule has 2 atom stereocenters. The Morgan fingerprint density at radius 2 is 1.96 bits per heavy atom. The third-order valence-corrected chi connectivity index (χ3v) is 5.02. The van der Waals surface area contributed by atoms with Gasteiger partial charge in [-0.2, -0.15) is 5.26 Å². The highest BCUT2D eigenvalue weighted by Crippen LogP contribution is 2.14. The Morgan fingerprint density at radius 3 is 2.54 bits per heavy atom. The van der Waals surface area contributed by atoms with Crippen molar-refractivity contribution in [2.45, 2.75) is 45.8 Å². The first kappa shape index (κ1) is 19.2. The van der Waals surface area contributed by atoms with E-state index in [0.29, 0.717) is 12.5 Å². The summed E-state index contributed by atoms with van der Waals surface area (Å²) in [7, 11) is 0. The van der Waals surface area contributed by atoms with Gasteiger partial charge in [-0.15, -0.1) is 0 Å². The van der Waals surface area contributed by atoms with Crippen LogP contribution in [0.2, 0.25) is 0 Å². The van der Waals surface area contributed by atoms with Gasteiger partial charge in [0.25, 0.3) is 0 Å². The molecule has 0 aliphatic carbocycles. The quantitative estimate of drug-likeness (QED) is 0.729. The second kappa shape index (κ2) is 9.36. The normalized spacial score (nSPS) is 24.8. The molecule has 2 heterocycles. The highest BCUT2D eigenvalue weighted by molar-refractivity contribution is 5.78. The SMILES string of the molecule is CCC[C@H]1CN(CC(=O)N2CCN([C@@H](C#N)C(C)C)CC2)CCO1. The van der Waals surface area contributed by atoms with Gasteiger partial charge >= 0.3 is 0 Å². The van der Waals surface area contributed by atoms with Crippen molar-refractivity contribution in [3.8, 4) is 6.07 Å². The zero-order chi connectivity index (χ0) is 17.5. The molecule has 0 N–H and O–H groups in total. The van der Waals surface area contributed by atoms with E-state index in [-0.39, 0.29) is 18.1 Å². The lowest BCUT2D eigenvalue weighted by molar-refractivity contribution is -0.136. The number of amides is 1. The summed E-state index contributed by atoms with van der Waals surface area (Å²) in [5.74, 6) is 0.533. The fourth-order valence-electron chi connectivity index (χ4n) is 3.61. The molecule has 6 heteroatoms. The maximum atomic E-state index is 12.6. The van der Waals surface area contributed by atoms with Crippen molar-refractivity contribution in [3.05, 3.63) is 0 Å². The first-order chi connectivity index (χ1) is 11.5. The Bertz CT molecular complexity index is 439. The van der Waals surface area contributed by atoms with Crippen molar-refractivity contribution >= 4 is 5.91 Å². The number of morpholine rings is 1. The van der Waals surface area contributed by atoms with E-state index in [1.54, 1.807) is 0 Å². The van der Waals surface area contributed by atoms with E-state index < -0.39 is 0 Å². The topological polar surface area (TPSA) is 59.8 Å². The van der Waals surface area contributed by atoms with Gasteiger partial charge in [-0.25, -0.2) is 0 Å². The number of carbonyl (C=O) groups excluding carboxylic acids is 1. The second-order valence-electron chi connectivity index (χ2n) is 7.25. The molecule has 2 fully saturated rings. The average Bonchev–Trinajstić information content (AvgIpc) is 2.56. The lowest BCUT2D eigenvalue weighted by Crippen LogP contribution is -2.55. The van der Waals surface area contributed by atoms with Crippen LogP contribution in [0.1, 0.15) is 33.6 Å². The molecule has 0 aromatic rings. The summed E-state index contributed by atoms with van der Waals surface area (Å²) in [6, 6.07) is 2.35. The number of nitriles is 1. The molecule has 0 aromatic carbocycles. The van der Waals surface area contributed by atoms with Crippen molar-refractivity contribution in [2.75, 3.05) is 52.4 Å². The minimum atomic E-state index is -0.0451. The van der Waals surface area contributed by atoms with Gasteiger partial charge in [-0.3, -0.25) is 14.6 Å². The van der Waals surface area contributed by atoms with Crippen LogP contribution in [0.15, 0.2) is 0 Å². The number of hydrogen-bond acceptors (Lipinski definition) is 5. The monoisotopic (exact) mass is 336 g/mol. The molecule has 0 saturated carbocycles. The summed E-state index contributed by atoms with van der Waals surface area (Å²) in [4.78, 5) is 19.0. The van der Waals surface area contributed by atoms with Gasteiger partial charge in [-0.05, 0) is 12.3 Å². The van der Waals surface area contributed by atoms with Gasteiger partial charge in [0.2, 0.25) is 5.91 Å². The molecule has 6 nitrogen and oxygen atoms in total. The Kier molecular flexibility index (Phi) is 7.47. The fourth-order valence-corrected chi connectivity index (χ4v) is 3.61. The van der Waals surface area contributed by atoms with Crippen molar-refractivity contribution in [1.29, 1.82) is 5.26 Å². The third-order valence-electron chi connectivity index (χ3n) is 5.02. The highest BCUT2D eigenvalue weighted by Gasteiger charge is 2.29. The predicted molar refractivity (Wildman–Crippen MR) is 93.5 cm³/mol. The number of carbonyl (C=O) groups is 1. The van der Waals surface area contributed by atoms with Crippen LogP contribution in [0.3, 0.4) is 0 Å². The molecule has 0 bridgehead atoms. The summed E-state index contributed by atoms with van der Waals surface area (Å²) in [5.41, 5.74) is 0. The highest BCUT2D eigenvalue weighted by atomic mass is 16.5. The molecular weight excluding hydrogens is 304 g/mol. The van der Waals surface area contributed by atoms with Crippen LogP contribution in [0, 0.1) is 17.2 Å². The Labute approximate surface area is 146 Å². The van der Waals surface area contributed by atoms with Gasteiger partial charge in [0.1, 0.15) is 6.04 Å². The molecule has 1 amide bonds. The summed E-state index contributed by atoms with van der Waals surface area (Å²) < 4.78 is 5.75. The summed E-state index contributed by atoms with van der Waals surface area (Å²) >= 11 is 0. The van der Waals surface area contributed by atoms with Crippen LogP contribution in [-0.2, 0) is 9.53 Å². The van der Waals surface area contributed by atoms with Gasteiger partial charge in [0.15, 0.2) is 0 Å². The van der Waals surface area contributed by atoms with Crippen molar-refractivity contribution in [2.24, 2.45) is 5.92 Å². The molecule has 2 rings (SSSR count). The first-order valence-electron chi connectivity index (χ1n) is 9.30. The molecule has 24 heavy (non-hydrogen) atoms. The van der Waals surface area contributed by atoms with E-state index in [1.807, 2.05) is 4.90 Å². The van der Waals surface area contributed by atoms with Gasteiger partial charge in [0, 0.05) is 39.3 Å². The number of piperazine rings is 1. The van der Waals surface area contributed by atoms with Crippen molar-refractivity contribution in [3.63, 3.8) is 0 Å². The van der Waals surface area contributed by atoms with Crippen LogP contribution in [0.4, 0.5) is 0 Å². The molecule has 0 aromatic heterocycles. The Hall–Kier alpha value is -1.16. The van der Waals surface area contributed by atoms with Gasteiger partial charge < -0.3 is 9.64 Å². The number of hydrogen-bond donors (Lipinski definition) is 0. The number of nitrogens with zero attached hydrogens (tertiary/aromatic N) is 4. The molecule has 2 aliphatic rings. The van der Waals surface area contributed by atoms with Crippen LogP contribution in [0.25, 0.3) is 0 Å². The molecule has 0 spiro atoms. The lowest BCUT2D eigenvalue weighted by atomic mass is 10.0. The van der Waals surface area contributed by atoms with Crippen LogP contribution in [0.5, 0.6) is 0 Å².